The molecule has 0 aromatic heterocycles. The smallest absolute Gasteiger partial charge is 0.507 e. The Balaban J connectivity index is 2.69. The first-order chi connectivity index (χ1) is 12.1. The Hall–Kier alpha value is -3.45. The van der Waals surface area contributed by atoms with Crippen molar-refractivity contribution in [3.05, 3.63) is 47.5 Å². The van der Waals surface area contributed by atoms with E-state index in [0.29, 0.717) is 0 Å². The summed E-state index contributed by atoms with van der Waals surface area (Å²) in [5.74, 6) is -1.47. The number of ether oxygens (including phenoxy) is 1. The van der Waals surface area contributed by atoms with Crippen molar-refractivity contribution in [2.24, 2.45) is 16.5 Å². The molecule has 0 saturated carbocycles. The quantitative estimate of drug-likeness (QED) is 0.483. The molecule has 0 fully saturated rings. The van der Waals surface area contributed by atoms with Crippen LogP contribution in [0, 0.1) is 11.3 Å². The van der Waals surface area contributed by atoms with Crippen molar-refractivity contribution >= 4 is 5.96 Å². The van der Waals surface area contributed by atoms with Crippen molar-refractivity contribution < 1.29 is 28.1 Å². The van der Waals surface area contributed by atoms with Crippen LogP contribution in [0.2, 0.25) is 0 Å². The van der Waals surface area contributed by atoms with E-state index in [2.05, 4.69) is 9.73 Å². The van der Waals surface area contributed by atoms with Gasteiger partial charge in [-0.1, -0.05) is 12.1 Å². The summed E-state index contributed by atoms with van der Waals surface area (Å²) >= 11 is 0. The first-order valence-corrected chi connectivity index (χ1v) is 7.01. The maximum Gasteiger partial charge on any atom is 0.573 e. The van der Waals surface area contributed by atoms with Gasteiger partial charge in [-0.15, -0.1) is 13.2 Å². The van der Waals surface area contributed by atoms with Crippen LogP contribution in [0.1, 0.15) is 17.4 Å². The molecular formula is C16H13F3N4O3. The number of hydrogen-bond acceptors (Lipinski definition) is 5. The highest BCUT2D eigenvalue weighted by Crippen LogP contribution is 2.39. The van der Waals surface area contributed by atoms with Gasteiger partial charge in [0.25, 0.3) is 0 Å². The van der Waals surface area contributed by atoms with Crippen molar-refractivity contribution in [2.75, 3.05) is 0 Å². The summed E-state index contributed by atoms with van der Waals surface area (Å²) in [7, 11) is 0. The van der Waals surface area contributed by atoms with Crippen LogP contribution in [0.4, 0.5) is 13.2 Å². The zero-order valence-corrected chi connectivity index (χ0v) is 13.0. The van der Waals surface area contributed by atoms with E-state index in [4.69, 9.17) is 11.5 Å². The number of nitriles is 1. The van der Waals surface area contributed by atoms with E-state index >= 15 is 0 Å². The minimum atomic E-state index is -4.91. The Kier molecular flexibility index (Phi) is 5.23. The third-order valence-corrected chi connectivity index (χ3v) is 3.23. The fourth-order valence-corrected chi connectivity index (χ4v) is 2.33. The van der Waals surface area contributed by atoms with Crippen LogP contribution in [0.25, 0.3) is 11.1 Å². The van der Waals surface area contributed by atoms with Gasteiger partial charge in [0.05, 0.1) is 17.2 Å². The van der Waals surface area contributed by atoms with E-state index in [1.54, 1.807) is 0 Å². The Morgan fingerprint density at radius 1 is 1.23 bits per heavy atom. The van der Waals surface area contributed by atoms with Gasteiger partial charge in [-0.3, -0.25) is 0 Å². The molecule has 0 spiro atoms. The lowest BCUT2D eigenvalue weighted by Gasteiger charge is -2.17. The number of benzene rings is 2. The highest BCUT2D eigenvalue weighted by atomic mass is 19.4. The zero-order valence-electron chi connectivity index (χ0n) is 13.0. The van der Waals surface area contributed by atoms with Crippen molar-refractivity contribution in [2.45, 2.75) is 12.6 Å². The third-order valence-electron chi connectivity index (χ3n) is 3.23. The van der Waals surface area contributed by atoms with Gasteiger partial charge in [0.15, 0.2) is 12.2 Å². The third kappa shape index (κ3) is 4.34. The van der Waals surface area contributed by atoms with Gasteiger partial charge in [-0.05, 0) is 29.8 Å². The predicted molar refractivity (Wildman–Crippen MR) is 85.7 cm³/mol. The molecule has 2 aromatic rings. The van der Waals surface area contributed by atoms with Crippen molar-refractivity contribution in [3.63, 3.8) is 0 Å². The number of phenols is 1. The highest BCUT2D eigenvalue weighted by Gasteiger charge is 2.31. The summed E-state index contributed by atoms with van der Waals surface area (Å²) in [4.78, 5) is 3.50. The lowest BCUT2D eigenvalue weighted by atomic mass is 9.93. The maximum atomic E-state index is 12.4. The Morgan fingerprint density at radius 2 is 1.92 bits per heavy atom. The largest absolute Gasteiger partial charge is 0.573 e. The summed E-state index contributed by atoms with van der Waals surface area (Å²) in [5, 5.41) is 29.5. The Morgan fingerprint density at radius 3 is 2.50 bits per heavy atom. The van der Waals surface area contributed by atoms with Gasteiger partial charge >= 0.3 is 6.36 Å². The molecule has 0 radical (unpaired) electrons. The molecule has 136 valence electrons. The van der Waals surface area contributed by atoms with Gasteiger partial charge in [0.1, 0.15) is 11.5 Å². The number of nitrogens with zero attached hydrogens (tertiary/aromatic N) is 2. The van der Waals surface area contributed by atoms with Crippen molar-refractivity contribution in [3.8, 4) is 28.7 Å². The van der Waals surface area contributed by atoms with Crippen LogP contribution in [0.5, 0.6) is 11.5 Å². The topological polar surface area (TPSA) is 138 Å². The fraction of sp³-hybridized carbons (Fsp3) is 0.125. The molecule has 0 aliphatic carbocycles. The molecule has 0 aliphatic heterocycles. The van der Waals surface area contributed by atoms with Crippen LogP contribution in [-0.2, 0) is 0 Å². The molecule has 2 rings (SSSR count). The van der Waals surface area contributed by atoms with E-state index in [-0.39, 0.29) is 22.3 Å². The first kappa shape index (κ1) is 18.9. The molecule has 0 amide bonds. The molecule has 26 heavy (non-hydrogen) atoms. The molecule has 0 aliphatic rings. The number of aliphatic hydroxyl groups is 1. The second-order valence-corrected chi connectivity index (χ2v) is 5.04. The Bertz CT molecular complexity index is 887. The van der Waals surface area contributed by atoms with Gasteiger partial charge in [-0.2, -0.15) is 5.26 Å². The molecule has 1 atom stereocenters. The standard InChI is InChI=1S/C16H13F3N4O3/c17-16(18,19)26-10-3-1-2-8(6-10)12-9(7-20)4-5-11(24)13(12)14(25)23-15(21)22/h1-6,14,24-25H,(H4,21,22,23). The number of aliphatic imine (C=N–C) groups is 1. The molecule has 2 aromatic carbocycles. The monoisotopic (exact) mass is 366 g/mol. The molecule has 1 unspecified atom stereocenters. The minimum Gasteiger partial charge on any atom is -0.507 e. The summed E-state index contributed by atoms with van der Waals surface area (Å²) < 4.78 is 41.2. The number of halogens is 3. The molecule has 0 heterocycles. The van der Waals surface area contributed by atoms with Crippen LogP contribution in [0.3, 0.4) is 0 Å². The highest BCUT2D eigenvalue weighted by molar-refractivity contribution is 5.79. The second-order valence-electron chi connectivity index (χ2n) is 5.04. The number of nitrogens with two attached hydrogens (primary N) is 2. The number of alkyl halides is 3. The molecule has 6 N–H and O–H groups in total. The minimum absolute atomic E-state index is 0.0215. The van der Waals surface area contributed by atoms with Crippen LogP contribution < -0.4 is 16.2 Å². The zero-order chi connectivity index (χ0) is 19.5. The van der Waals surface area contributed by atoms with E-state index in [9.17, 15) is 28.6 Å². The fourth-order valence-electron chi connectivity index (χ4n) is 2.33. The van der Waals surface area contributed by atoms with E-state index in [1.807, 2.05) is 6.07 Å². The van der Waals surface area contributed by atoms with Crippen LogP contribution in [0.15, 0.2) is 41.4 Å². The van der Waals surface area contributed by atoms with Crippen LogP contribution >= 0.6 is 0 Å². The average molecular weight is 366 g/mol. The normalized spacial score (nSPS) is 12.1. The number of aliphatic hydroxyl groups excluding tert-OH is 1. The van der Waals surface area contributed by atoms with Gasteiger partial charge < -0.3 is 26.4 Å². The van der Waals surface area contributed by atoms with Crippen LogP contribution in [-0.4, -0.2) is 22.5 Å². The van der Waals surface area contributed by atoms with E-state index in [1.165, 1.54) is 18.2 Å². The summed E-state index contributed by atoms with van der Waals surface area (Å²) in [5.41, 5.74) is 10.2. The molecule has 7 nitrogen and oxygen atoms in total. The average Bonchev–Trinajstić information content (AvgIpc) is 2.52. The lowest BCUT2D eigenvalue weighted by Crippen LogP contribution is -2.24. The second kappa shape index (κ2) is 7.20. The van der Waals surface area contributed by atoms with Crippen molar-refractivity contribution in [1.29, 1.82) is 5.26 Å². The number of hydrogen-bond donors (Lipinski definition) is 4. The van der Waals surface area contributed by atoms with E-state index < -0.39 is 30.0 Å². The summed E-state index contributed by atoms with van der Waals surface area (Å²) in [6.45, 7) is 0. The number of rotatable bonds is 4. The summed E-state index contributed by atoms with van der Waals surface area (Å²) in [6.07, 6.45) is -6.65. The number of guanidine groups is 1. The predicted octanol–water partition coefficient (Wildman–Crippen LogP) is 2.09. The SMILES string of the molecule is N#Cc1ccc(O)c(C(O)N=C(N)N)c1-c1cccc(OC(F)(F)F)c1. The van der Waals surface area contributed by atoms with Gasteiger partial charge in [-0.25, -0.2) is 4.99 Å². The van der Waals surface area contributed by atoms with Gasteiger partial charge in [0.2, 0.25) is 0 Å². The molecule has 0 bridgehead atoms. The molecule has 0 saturated heterocycles. The molecular weight excluding hydrogens is 353 g/mol. The number of aromatic hydroxyl groups is 1. The lowest BCUT2D eigenvalue weighted by molar-refractivity contribution is -0.274. The van der Waals surface area contributed by atoms with Gasteiger partial charge in [0, 0.05) is 5.56 Å². The molecule has 10 heteroatoms. The van der Waals surface area contributed by atoms with E-state index in [0.717, 1.165) is 18.2 Å². The van der Waals surface area contributed by atoms with Crippen molar-refractivity contribution in [1.82, 2.24) is 0 Å². The Labute approximate surface area is 145 Å². The maximum absolute atomic E-state index is 12.4. The number of phenolic OH excluding ortho intramolecular Hbond substituents is 1. The summed E-state index contributed by atoms with van der Waals surface area (Å²) in [6, 6.07) is 8.94. The first-order valence-electron chi connectivity index (χ1n) is 7.01.